The van der Waals surface area contributed by atoms with Crippen molar-refractivity contribution < 1.29 is 4.74 Å². The summed E-state index contributed by atoms with van der Waals surface area (Å²) in [5, 5.41) is 0.224. The normalized spacial score (nSPS) is 20.3. The highest BCUT2D eigenvalue weighted by Gasteiger charge is 2.38. The molecule has 1 saturated heterocycles. The molecule has 1 fully saturated rings. The molecular formula is C23H22ClN5O3S. The number of H-pyrrole nitrogens is 1. The second-order valence-electron chi connectivity index (χ2n) is 8.73. The first-order chi connectivity index (χ1) is 16.0. The Hall–Kier alpha value is -2.75. The number of hydrogen-bond donors (Lipinski definition) is 1. The lowest BCUT2D eigenvalue weighted by molar-refractivity contribution is 0.303. The maximum Gasteiger partial charge on any atom is 0.328 e. The Kier molecular flexibility index (Phi) is 5.01. The molecule has 3 aromatic heterocycles. The fraction of sp³-hybridized carbons (Fsp3) is 0.391. The van der Waals surface area contributed by atoms with Crippen LogP contribution in [-0.2, 0) is 13.0 Å². The Morgan fingerprint density at radius 2 is 2.15 bits per heavy atom. The number of rotatable bonds is 4. The minimum atomic E-state index is -0.430. The average molecular weight is 484 g/mol. The van der Waals surface area contributed by atoms with E-state index in [9.17, 15) is 9.59 Å². The number of nitrogens with zero attached hydrogens (tertiary/aromatic N) is 4. The predicted molar refractivity (Wildman–Crippen MR) is 129 cm³/mol. The summed E-state index contributed by atoms with van der Waals surface area (Å²) in [6.07, 6.45) is 3.60. The van der Waals surface area contributed by atoms with E-state index in [1.54, 1.807) is 7.11 Å². The molecule has 1 N–H and O–H groups in total. The van der Waals surface area contributed by atoms with Crippen molar-refractivity contribution in [3.63, 3.8) is 0 Å². The van der Waals surface area contributed by atoms with E-state index >= 15 is 0 Å². The molecule has 8 nitrogen and oxygen atoms in total. The molecule has 6 rings (SSSR count). The maximum atomic E-state index is 13.1. The number of aromatic amines is 1. The highest BCUT2D eigenvalue weighted by molar-refractivity contribution is 7.25. The van der Waals surface area contributed by atoms with Gasteiger partial charge < -0.3 is 14.6 Å². The lowest BCUT2D eigenvalue weighted by atomic mass is 9.77. The molecule has 4 aromatic rings. The van der Waals surface area contributed by atoms with Gasteiger partial charge in [-0.15, -0.1) is 11.3 Å². The monoisotopic (exact) mass is 483 g/mol. The Bertz CT molecular complexity index is 1510. The van der Waals surface area contributed by atoms with Crippen LogP contribution in [-0.4, -0.2) is 51.2 Å². The molecule has 33 heavy (non-hydrogen) atoms. The minimum Gasteiger partial charge on any atom is -0.496 e. The van der Waals surface area contributed by atoms with Gasteiger partial charge in [-0.1, -0.05) is 23.7 Å². The summed E-state index contributed by atoms with van der Waals surface area (Å²) in [6, 6.07) is 6.32. The first kappa shape index (κ1) is 20.8. The van der Waals surface area contributed by atoms with Gasteiger partial charge >= 0.3 is 5.69 Å². The summed E-state index contributed by atoms with van der Waals surface area (Å²) < 4.78 is 7.32. The number of fused-ring (bicyclic) bond motifs is 6. The Morgan fingerprint density at radius 3 is 3.00 bits per heavy atom. The SMILES string of the molecule is COc1cccc2c1CC[C@H]1CN(CCn3c(=O)[nH]c4c(sc5ncc(Cl)nc54)c3=O)C[C@@H]21. The van der Waals surface area contributed by atoms with E-state index in [0.717, 1.165) is 31.7 Å². The highest BCUT2D eigenvalue weighted by Crippen LogP contribution is 2.43. The number of methoxy groups -OCH3 is 1. The smallest absolute Gasteiger partial charge is 0.328 e. The summed E-state index contributed by atoms with van der Waals surface area (Å²) in [5.74, 6) is 2.03. The molecule has 2 aliphatic rings. The van der Waals surface area contributed by atoms with Gasteiger partial charge in [0.05, 0.1) is 18.8 Å². The predicted octanol–water partition coefficient (Wildman–Crippen LogP) is 3.02. The highest BCUT2D eigenvalue weighted by atomic mass is 35.5. The summed E-state index contributed by atoms with van der Waals surface area (Å²) in [4.78, 5) is 40.1. The van der Waals surface area contributed by atoms with Crippen LogP contribution in [0.5, 0.6) is 5.75 Å². The fourth-order valence-corrected chi connectivity index (χ4v) is 6.58. The first-order valence-electron chi connectivity index (χ1n) is 11.0. The van der Waals surface area contributed by atoms with E-state index in [0.29, 0.717) is 45.5 Å². The van der Waals surface area contributed by atoms with Gasteiger partial charge in [0.1, 0.15) is 25.9 Å². The zero-order chi connectivity index (χ0) is 22.7. The third-order valence-corrected chi connectivity index (χ3v) is 8.26. The molecule has 1 aromatic carbocycles. The summed E-state index contributed by atoms with van der Waals surface area (Å²) in [5.41, 5.74) is 2.85. The van der Waals surface area contributed by atoms with Crippen LogP contribution in [0.2, 0.25) is 5.15 Å². The maximum absolute atomic E-state index is 13.1. The van der Waals surface area contributed by atoms with Crippen LogP contribution in [0.25, 0.3) is 20.6 Å². The van der Waals surface area contributed by atoms with Gasteiger partial charge in [-0.05, 0) is 36.0 Å². The zero-order valence-electron chi connectivity index (χ0n) is 18.0. The summed E-state index contributed by atoms with van der Waals surface area (Å²) in [6.45, 7) is 2.89. The lowest BCUT2D eigenvalue weighted by Gasteiger charge is -2.28. The van der Waals surface area contributed by atoms with E-state index in [1.807, 2.05) is 6.07 Å². The van der Waals surface area contributed by atoms with Crippen LogP contribution in [0.1, 0.15) is 23.5 Å². The molecule has 2 atom stereocenters. The van der Waals surface area contributed by atoms with Gasteiger partial charge in [-0.25, -0.2) is 14.8 Å². The van der Waals surface area contributed by atoms with Crippen molar-refractivity contribution in [2.45, 2.75) is 25.3 Å². The molecule has 1 aliphatic heterocycles. The standard InChI is InChI=1S/C23H22ClN5O3S/c1-32-16-4-2-3-13-14(16)6-5-12-10-28(11-15(12)13)7-8-29-22(30)20-18(27-23(29)31)19-21(33-20)25-9-17(24)26-19/h2-4,9,12,15H,5-8,10-11H2,1H3,(H,27,31)/t12-,15+/m0/s1. The minimum absolute atomic E-state index is 0.224. The van der Waals surface area contributed by atoms with E-state index in [-0.39, 0.29) is 10.7 Å². The molecule has 0 radical (unpaired) electrons. The van der Waals surface area contributed by atoms with Crippen molar-refractivity contribution in [1.29, 1.82) is 0 Å². The van der Waals surface area contributed by atoms with Crippen LogP contribution >= 0.6 is 22.9 Å². The number of aromatic nitrogens is 4. The van der Waals surface area contributed by atoms with Crippen LogP contribution in [0.3, 0.4) is 0 Å². The second-order valence-corrected chi connectivity index (χ2v) is 10.1. The van der Waals surface area contributed by atoms with Crippen molar-refractivity contribution in [2.24, 2.45) is 5.92 Å². The number of ether oxygens (including phenoxy) is 1. The molecule has 4 heterocycles. The molecule has 0 amide bonds. The van der Waals surface area contributed by atoms with Crippen molar-refractivity contribution in [2.75, 3.05) is 26.7 Å². The van der Waals surface area contributed by atoms with Crippen molar-refractivity contribution in [3.05, 3.63) is 61.5 Å². The van der Waals surface area contributed by atoms with Crippen LogP contribution < -0.4 is 16.0 Å². The molecule has 0 spiro atoms. The van der Waals surface area contributed by atoms with Gasteiger partial charge in [-0.3, -0.25) is 9.36 Å². The Labute approximate surface area is 197 Å². The number of benzene rings is 1. The molecule has 10 heteroatoms. The molecule has 0 saturated carbocycles. The average Bonchev–Trinajstić information content (AvgIpc) is 3.40. The number of halogens is 1. The third-order valence-electron chi connectivity index (χ3n) is 7.00. The topological polar surface area (TPSA) is 93.1 Å². The van der Waals surface area contributed by atoms with Gasteiger partial charge in [0.25, 0.3) is 5.56 Å². The van der Waals surface area contributed by atoms with Crippen LogP contribution in [0, 0.1) is 5.92 Å². The molecular weight excluding hydrogens is 462 g/mol. The van der Waals surface area contributed by atoms with E-state index in [1.165, 1.54) is 33.2 Å². The number of nitrogens with one attached hydrogen (secondary N) is 1. The number of likely N-dealkylation sites (tertiary alicyclic amines) is 1. The van der Waals surface area contributed by atoms with Gasteiger partial charge in [0.15, 0.2) is 0 Å². The van der Waals surface area contributed by atoms with E-state index < -0.39 is 5.69 Å². The lowest BCUT2D eigenvalue weighted by Crippen LogP contribution is -2.38. The van der Waals surface area contributed by atoms with Gasteiger partial charge in [-0.2, -0.15) is 0 Å². The molecule has 0 unspecified atom stereocenters. The fourth-order valence-electron chi connectivity index (χ4n) is 5.46. The van der Waals surface area contributed by atoms with Crippen molar-refractivity contribution in [1.82, 2.24) is 24.4 Å². The van der Waals surface area contributed by atoms with Gasteiger partial charge in [0.2, 0.25) is 0 Å². The van der Waals surface area contributed by atoms with E-state index in [4.69, 9.17) is 16.3 Å². The van der Waals surface area contributed by atoms with E-state index in [2.05, 4.69) is 32.0 Å². The molecule has 1 aliphatic carbocycles. The van der Waals surface area contributed by atoms with Gasteiger partial charge in [0, 0.05) is 32.1 Å². The second kappa shape index (κ2) is 7.93. The number of thiophene rings is 1. The quantitative estimate of drug-likeness (QED) is 0.479. The first-order valence-corrected chi connectivity index (χ1v) is 12.2. The molecule has 0 bridgehead atoms. The van der Waals surface area contributed by atoms with Crippen LogP contribution in [0.4, 0.5) is 0 Å². The van der Waals surface area contributed by atoms with Crippen molar-refractivity contribution >= 4 is 43.5 Å². The largest absolute Gasteiger partial charge is 0.496 e. The number of hydrogen-bond acceptors (Lipinski definition) is 7. The van der Waals surface area contributed by atoms with Crippen LogP contribution in [0.15, 0.2) is 34.0 Å². The Balaban J connectivity index is 1.26. The Morgan fingerprint density at radius 1 is 1.27 bits per heavy atom. The zero-order valence-corrected chi connectivity index (χ0v) is 19.6. The summed E-state index contributed by atoms with van der Waals surface area (Å²) >= 11 is 7.18. The summed E-state index contributed by atoms with van der Waals surface area (Å²) in [7, 11) is 1.73. The van der Waals surface area contributed by atoms with Crippen molar-refractivity contribution in [3.8, 4) is 5.75 Å². The third kappa shape index (κ3) is 3.37. The molecule has 170 valence electrons.